The van der Waals surface area contributed by atoms with Gasteiger partial charge in [0.2, 0.25) is 0 Å². The zero-order valence-corrected chi connectivity index (χ0v) is 18.0. The summed E-state index contributed by atoms with van der Waals surface area (Å²) in [5, 5.41) is 8.99. The molecule has 4 aromatic rings. The molecule has 3 heterocycles. The second-order valence-electron chi connectivity index (χ2n) is 8.80. The van der Waals surface area contributed by atoms with Gasteiger partial charge in [-0.25, -0.2) is 18.4 Å². The molecule has 1 N–H and O–H groups in total. The molecule has 166 valence electrons. The Kier molecular flexibility index (Phi) is 4.91. The number of nitrogens with one attached hydrogen (secondary N) is 1. The van der Waals surface area contributed by atoms with E-state index in [0.717, 1.165) is 11.3 Å². The third-order valence-electron chi connectivity index (χ3n) is 6.38. The van der Waals surface area contributed by atoms with Crippen molar-refractivity contribution in [2.75, 3.05) is 0 Å². The van der Waals surface area contributed by atoms with Gasteiger partial charge in [-0.1, -0.05) is 0 Å². The van der Waals surface area contributed by atoms with Gasteiger partial charge in [0.05, 0.1) is 17.9 Å². The van der Waals surface area contributed by atoms with Crippen LogP contribution in [-0.4, -0.2) is 35.2 Å². The zero-order valence-electron chi connectivity index (χ0n) is 18.0. The molecular weight excluding hydrogens is 414 g/mol. The second kappa shape index (κ2) is 7.65. The van der Waals surface area contributed by atoms with Gasteiger partial charge in [0.1, 0.15) is 22.7 Å². The molecule has 9 heteroatoms. The summed E-state index contributed by atoms with van der Waals surface area (Å²) >= 11 is 0. The molecule has 1 aliphatic carbocycles. The van der Waals surface area contributed by atoms with Gasteiger partial charge in [0.15, 0.2) is 5.65 Å². The van der Waals surface area contributed by atoms with Gasteiger partial charge >= 0.3 is 0 Å². The fourth-order valence-corrected chi connectivity index (χ4v) is 4.56. The number of hydrogen-bond donors (Lipinski definition) is 1. The molecule has 5 rings (SSSR count). The maximum absolute atomic E-state index is 14.2. The Hall–Kier alpha value is -3.36. The first-order valence-corrected chi connectivity index (χ1v) is 10.7. The Morgan fingerprint density at radius 1 is 1.22 bits per heavy atom. The van der Waals surface area contributed by atoms with E-state index in [9.17, 15) is 13.6 Å². The lowest BCUT2D eigenvalue weighted by molar-refractivity contribution is 0.103. The van der Waals surface area contributed by atoms with E-state index in [0.29, 0.717) is 48.1 Å². The third kappa shape index (κ3) is 3.72. The molecule has 1 saturated carbocycles. The van der Waals surface area contributed by atoms with Crippen LogP contribution in [0.3, 0.4) is 0 Å². The largest absolute Gasteiger partial charge is 0.310 e. The van der Waals surface area contributed by atoms with Crippen LogP contribution in [0, 0.1) is 5.82 Å². The molecule has 3 aromatic heterocycles. The summed E-state index contributed by atoms with van der Waals surface area (Å²) in [4.78, 5) is 20.2. The number of nitrogens with zero attached hydrogens (tertiary/aromatic N) is 5. The summed E-state index contributed by atoms with van der Waals surface area (Å²) in [6, 6.07) is 6.41. The normalized spacial score (nSPS) is 21.3. The average molecular weight is 438 g/mol. The van der Waals surface area contributed by atoms with Crippen LogP contribution in [0.1, 0.15) is 50.0 Å². The van der Waals surface area contributed by atoms with Crippen molar-refractivity contribution >= 4 is 11.0 Å². The first kappa shape index (κ1) is 20.5. The first-order valence-electron chi connectivity index (χ1n) is 10.7. The molecule has 1 aliphatic rings. The van der Waals surface area contributed by atoms with Crippen molar-refractivity contribution in [3.8, 4) is 11.3 Å². The van der Waals surface area contributed by atoms with Gasteiger partial charge in [-0.2, -0.15) is 10.2 Å². The molecule has 1 aromatic carbocycles. The van der Waals surface area contributed by atoms with Crippen molar-refractivity contribution in [1.82, 2.24) is 29.5 Å². The minimum atomic E-state index is -1.16. The van der Waals surface area contributed by atoms with E-state index in [1.807, 2.05) is 13.1 Å². The molecular formula is C23H24F2N6O. The predicted molar refractivity (Wildman–Crippen MR) is 117 cm³/mol. The molecule has 0 amide bonds. The molecule has 0 spiro atoms. The molecule has 0 unspecified atom stereocenters. The van der Waals surface area contributed by atoms with Crippen molar-refractivity contribution in [3.63, 3.8) is 0 Å². The molecule has 7 nitrogen and oxygen atoms in total. The van der Waals surface area contributed by atoms with Crippen LogP contribution < -0.4 is 5.56 Å². The van der Waals surface area contributed by atoms with Gasteiger partial charge in [-0.05, 0) is 62.4 Å². The lowest BCUT2D eigenvalue weighted by Crippen LogP contribution is -2.28. The fraction of sp³-hybridized carbons (Fsp3) is 0.391. The van der Waals surface area contributed by atoms with E-state index in [1.54, 1.807) is 28.6 Å². The highest BCUT2D eigenvalue weighted by molar-refractivity contribution is 5.73. The van der Waals surface area contributed by atoms with E-state index in [4.69, 9.17) is 0 Å². The Labute approximate surface area is 183 Å². The standard InChI is InChI=1S/C23H24F2N6O/c1-23(25)8-5-16(6-9-23)31-21-18(13-27-31)22(32)29-20(28-21)12-14-11-15(24)3-4-17(14)19-7-10-26-30(19)2/h3-4,7,10-11,13,16H,5-6,8-9,12H2,1-2H3,(H,28,29,32). The Morgan fingerprint density at radius 3 is 2.72 bits per heavy atom. The maximum atomic E-state index is 14.2. The Morgan fingerprint density at radius 2 is 2.00 bits per heavy atom. The van der Waals surface area contributed by atoms with Crippen LogP contribution in [0.15, 0.2) is 41.5 Å². The lowest BCUT2D eigenvalue weighted by atomic mass is 9.85. The number of hydrogen-bond acceptors (Lipinski definition) is 4. The molecule has 0 bridgehead atoms. The lowest BCUT2D eigenvalue weighted by Gasteiger charge is -2.31. The Balaban J connectivity index is 1.53. The van der Waals surface area contributed by atoms with Crippen LogP contribution in [0.25, 0.3) is 22.3 Å². The topological polar surface area (TPSA) is 81.4 Å². The highest BCUT2D eigenvalue weighted by Crippen LogP contribution is 2.37. The Bertz CT molecular complexity index is 1340. The molecule has 1 fully saturated rings. The van der Waals surface area contributed by atoms with Crippen LogP contribution >= 0.6 is 0 Å². The first-order chi connectivity index (χ1) is 15.3. The maximum Gasteiger partial charge on any atom is 0.262 e. The van der Waals surface area contributed by atoms with Gasteiger partial charge < -0.3 is 4.98 Å². The smallest absolute Gasteiger partial charge is 0.262 e. The second-order valence-corrected chi connectivity index (χ2v) is 8.80. The number of aromatic amines is 1. The van der Waals surface area contributed by atoms with E-state index >= 15 is 0 Å². The number of H-pyrrole nitrogens is 1. The predicted octanol–water partition coefficient (Wildman–Crippen LogP) is 4.09. The van der Waals surface area contributed by atoms with Gasteiger partial charge in [0.25, 0.3) is 5.56 Å². The minimum Gasteiger partial charge on any atom is -0.310 e. The number of aryl methyl sites for hydroxylation is 1. The summed E-state index contributed by atoms with van der Waals surface area (Å²) in [7, 11) is 1.82. The van der Waals surface area contributed by atoms with Crippen molar-refractivity contribution in [2.45, 2.75) is 50.7 Å². The van der Waals surface area contributed by atoms with Gasteiger partial charge in [-0.15, -0.1) is 0 Å². The SMILES string of the molecule is Cn1nccc1-c1ccc(F)cc1Cc1nc2c(cnn2C2CCC(C)(F)CC2)c(=O)[nH]1. The minimum absolute atomic E-state index is 0.00218. The number of fused-ring (bicyclic) bond motifs is 1. The monoisotopic (exact) mass is 438 g/mol. The highest BCUT2D eigenvalue weighted by Gasteiger charge is 2.32. The molecule has 0 saturated heterocycles. The average Bonchev–Trinajstić information content (AvgIpc) is 3.35. The summed E-state index contributed by atoms with van der Waals surface area (Å²) in [5.41, 5.74) is 1.38. The summed E-state index contributed by atoms with van der Waals surface area (Å²) in [6.45, 7) is 1.63. The number of halogens is 2. The van der Waals surface area contributed by atoms with Crippen molar-refractivity contribution in [1.29, 1.82) is 0 Å². The van der Waals surface area contributed by atoms with Crippen LogP contribution in [0.2, 0.25) is 0 Å². The van der Waals surface area contributed by atoms with Crippen molar-refractivity contribution < 1.29 is 8.78 Å². The summed E-state index contributed by atoms with van der Waals surface area (Å²) in [5.74, 6) is 0.0558. The number of aromatic nitrogens is 6. The molecule has 0 atom stereocenters. The number of rotatable bonds is 4. The van der Waals surface area contributed by atoms with E-state index in [-0.39, 0.29) is 23.8 Å². The highest BCUT2D eigenvalue weighted by atomic mass is 19.1. The zero-order chi connectivity index (χ0) is 22.5. The number of alkyl halides is 1. The van der Waals surface area contributed by atoms with Crippen molar-refractivity contribution in [3.05, 3.63) is 64.2 Å². The molecule has 0 aliphatic heterocycles. The van der Waals surface area contributed by atoms with Gasteiger partial charge in [0, 0.05) is 25.2 Å². The van der Waals surface area contributed by atoms with E-state index in [1.165, 1.54) is 18.3 Å². The van der Waals surface area contributed by atoms with Gasteiger partial charge in [-0.3, -0.25) is 9.48 Å². The van der Waals surface area contributed by atoms with Crippen LogP contribution in [-0.2, 0) is 13.5 Å². The summed E-state index contributed by atoms with van der Waals surface area (Å²) in [6.07, 6.45) is 5.61. The van der Waals surface area contributed by atoms with E-state index in [2.05, 4.69) is 20.2 Å². The quantitative estimate of drug-likeness (QED) is 0.520. The molecule has 32 heavy (non-hydrogen) atoms. The summed E-state index contributed by atoms with van der Waals surface area (Å²) < 4.78 is 31.8. The van der Waals surface area contributed by atoms with Crippen LogP contribution in [0.5, 0.6) is 0 Å². The fourth-order valence-electron chi connectivity index (χ4n) is 4.56. The van der Waals surface area contributed by atoms with Crippen LogP contribution in [0.4, 0.5) is 8.78 Å². The van der Waals surface area contributed by atoms with Crippen molar-refractivity contribution in [2.24, 2.45) is 7.05 Å². The molecule has 0 radical (unpaired) electrons. The van der Waals surface area contributed by atoms with E-state index < -0.39 is 5.67 Å². The number of benzene rings is 1. The third-order valence-corrected chi connectivity index (χ3v) is 6.38.